The van der Waals surface area contributed by atoms with Crippen LogP contribution in [0.3, 0.4) is 0 Å². The maximum absolute atomic E-state index is 9.20. The van der Waals surface area contributed by atoms with E-state index in [-0.39, 0.29) is 18.3 Å². The maximum Gasteiger partial charge on any atom is 0.104 e. The Morgan fingerprint density at radius 2 is 1.82 bits per heavy atom. The first-order valence-corrected chi connectivity index (χ1v) is 5.91. The second-order valence-electron chi connectivity index (χ2n) is 5.02. The zero-order valence-corrected chi connectivity index (χ0v) is 10.8. The van der Waals surface area contributed by atoms with Gasteiger partial charge in [0.05, 0.1) is 25.4 Å². The summed E-state index contributed by atoms with van der Waals surface area (Å²) in [5, 5.41) is 9.20. The van der Waals surface area contributed by atoms with Gasteiger partial charge in [0.2, 0.25) is 0 Å². The van der Waals surface area contributed by atoms with E-state index in [1.165, 1.54) is 0 Å². The molecule has 0 saturated heterocycles. The van der Waals surface area contributed by atoms with E-state index in [0.29, 0.717) is 13.2 Å². The van der Waals surface area contributed by atoms with E-state index >= 15 is 0 Å². The topological polar surface area (TPSA) is 38.7 Å². The Morgan fingerprint density at radius 3 is 2.35 bits per heavy atom. The molecule has 0 aliphatic rings. The molecule has 1 aromatic rings. The highest BCUT2D eigenvalue weighted by Gasteiger charge is 2.15. The lowest BCUT2D eigenvalue weighted by molar-refractivity contribution is -0.0917. The molecule has 0 fully saturated rings. The Balaban J connectivity index is 2.33. The van der Waals surface area contributed by atoms with Gasteiger partial charge in [0.25, 0.3) is 0 Å². The van der Waals surface area contributed by atoms with Gasteiger partial charge in [-0.15, -0.1) is 0 Å². The Labute approximate surface area is 103 Å². The first-order valence-electron chi connectivity index (χ1n) is 5.91. The summed E-state index contributed by atoms with van der Waals surface area (Å²) in [5.74, 6) is 0. The van der Waals surface area contributed by atoms with Crippen molar-refractivity contribution < 1.29 is 14.6 Å². The predicted molar refractivity (Wildman–Crippen MR) is 67.8 cm³/mol. The fourth-order valence-electron chi connectivity index (χ4n) is 1.28. The predicted octanol–water partition coefficient (Wildman–Crippen LogP) is 2.38. The van der Waals surface area contributed by atoms with Crippen LogP contribution >= 0.6 is 0 Å². The van der Waals surface area contributed by atoms with E-state index in [0.717, 1.165) is 5.56 Å². The number of hydrogen-bond acceptors (Lipinski definition) is 3. The molecule has 0 heterocycles. The Morgan fingerprint density at radius 1 is 1.18 bits per heavy atom. The van der Waals surface area contributed by atoms with E-state index in [4.69, 9.17) is 9.47 Å². The van der Waals surface area contributed by atoms with Crippen molar-refractivity contribution in [2.24, 2.45) is 0 Å². The smallest absolute Gasteiger partial charge is 0.104 e. The van der Waals surface area contributed by atoms with Crippen LogP contribution < -0.4 is 0 Å². The molecule has 0 spiro atoms. The maximum atomic E-state index is 9.20. The van der Waals surface area contributed by atoms with Crippen LogP contribution in [0.15, 0.2) is 30.3 Å². The highest BCUT2D eigenvalue weighted by molar-refractivity contribution is 5.13. The van der Waals surface area contributed by atoms with Crippen LogP contribution in [0.2, 0.25) is 0 Å². The fourth-order valence-corrected chi connectivity index (χ4v) is 1.28. The van der Waals surface area contributed by atoms with Crippen LogP contribution in [0.5, 0.6) is 0 Å². The molecule has 0 bridgehead atoms. The second-order valence-corrected chi connectivity index (χ2v) is 5.02. The lowest BCUT2D eigenvalue weighted by Gasteiger charge is -2.23. The monoisotopic (exact) mass is 238 g/mol. The second kappa shape index (κ2) is 6.74. The van der Waals surface area contributed by atoms with Crippen LogP contribution in [0.1, 0.15) is 26.3 Å². The standard InChI is InChI=1S/C14H22O3/c1-14(2,3)17-11-13(9-15)16-10-12-7-5-4-6-8-12/h4-8,13,15H,9-11H2,1-3H3. The van der Waals surface area contributed by atoms with Crippen molar-refractivity contribution in [3.8, 4) is 0 Å². The highest BCUT2D eigenvalue weighted by Crippen LogP contribution is 2.09. The van der Waals surface area contributed by atoms with E-state index in [1.54, 1.807) is 0 Å². The van der Waals surface area contributed by atoms with Crippen molar-refractivity contribution in [2.75, 3.05) is 13.2 Å². The van der Waals surface area contributed by atoms with Crippen LogP contribution in [0, 0.1) is 0 Å². The number of rotatable bonds is 6. The molecule has 1 unspecified atom stereocenters. The number of hydrogen-bond donors (Lipinski definition) is 1. The van der Waals surface area contributed by atoms with E-state index < -0.39 is 0 Å². The third-order valence-electron chi connectivity index (χ3n) is 2.23. The molecule has 0 aliphatic carbocycles. The molecule has 1 N–H and O–H groups in total. The van der Waals surface area contributed by atoms with Gasteiger partial charge in [0.15, 0.2) is 0 Å². The van der Waals surface area contributed by atoms with E-state index in [1.807, 2.05) is 51.1 Å². The molecule has 1 aromatic carbocycles. The first kappa shape index (κ1) is 14.2. The van der Waals surface area contributed by atoms with Gasteiger partial charge in [0, 0.05) is 0 Å². The molecule has 1 atom stereocenters. The summed E-state index contributed by atoms with van der Waals surface area (Å²) in [5.41, 5.74) is 0.894. The van der Waals surface area contributed by atoms with Crippen LogP contribution in [-0.2, 0) is 16.1 Å². The highest BCUT2D eigenvalue weighted by atomic mass is 16.5. The Bertz CT molecular complexity index is 303. The quantitative estimate of drug-likeness (QED) is 0.827. The summed E-state index contributed by atoms with van der Waals surface area (Å²) in [6, 6.07) is 9.91. The summed E-state index contributed by atoms with van der Waals surface area (Å²) in [4.78, 5) is 0. The molecule has 0 aliphatic heterocycles. The van der Waals surface area contributed by atoms with E-state index in [9.17, 15) is 5.11 Å². The van der Waals surface area contributed by atoms with Crippen LogP contribution in [0.25, 0.3) is 0 Å². The molecule has 0 radical (unpaired) electrons. The average molecular weight is 238 g/mol. The van der Waals surface area contributed by atoms with Crippen molar-refractivity contribution in [2.45, 2.75) is 39.1 Å². The van der Waals surface area contributed by atoms with Crippen molar-refractivity contribution in [3.63, 3.8) is 0 Å². The Hall–Kier alpha value is -0.900. The minimum absolute atomic E-state index is 0.0249. The molecular weight excluding hydrogens is 216 g/mol. The van der Waals surface area contributed by atoms with Crippen LogP contribution in [0.4, 0.5) is 0 Å². The summed E-state index contributed by atoms with van der Waals surface area (Å²) >= 11 is 0. The number of ether oxygens (including phenoxy) is 2. The molecule has 0 saturated carbocycles. The fraction of sp³-hybridized carbons (Fsp3) is 0.571. The zero-order valence-electron chi connectivity index (χ0n) is 10.8. The minimum Gasteiger partial charge on any atom is -0.394 e. The summed E-state index contributed by atoms with van der Waals surface area (Å²) in [6.45, 7) is 6.84. The first-order chi connectivity index (χ1) is 8.01. The number of benzene rings is 1. The molecule has 3 nitrogen and oxygen atoms in total. The molecule has 0 aromatic heterocycles. The lowest BCUT2D eigenvalue weighted by atomic mass is 10.2. The number of aliphatic hydroxyl groups excluding tert-OH is 1. The molecule has 17 heavy (non-hydrogen) atoms. The van der Waals surface area contributed by atoms with E-state index in [2.05, 4.69) is 0 Å². The third-order valence-corrected chi connectivity index (χ3v) is 2.23. The molecule has 1 rings (SSSR count). The molecule has 96 valence electrons. The van der Waals surface area contributed by atoms with Gasteiger partial charge in [-0.1, -0.05) is 30.3 Å². The molecule has 3 heteroatoms. The average Bonchev–Trinajstić information content (AvgIpc) is 2.29. The largest absolute Gasteiger partial charge is 0.394 e. The van der Waals surface area contributed by atoms with Crippen molar-refractivity contribution in [3.05, 3.63) is 35.9 Å². The van der Waals surface area contributed by atoms with Crippen molar-refractivity contribution in [1.29, 1.82) is 0 Å². The lowest BCUT2D eigenvalue weighted by Crippen LogP contribution is -2.30. The van der Waals surface area contributed by atoms with Gasteiger partial charge in [-0.05, 0) is 26.3 Å². The normalized spacial score (nSPS) is 13.6. The van der Waals surface area contributed by atoms with Crippen molar-refractivity contribution >= 4 is 0 Å². The zero-order chi connectivity index (χ0) is 12.7. The summed E-state index contributed by atoms with van der Waals surface area (Å²) in [6.07, 6.45) is -0.269. The van der Waals surface area contributed by atoms with Gasteiger partial charge in [-0.25, -0.2) is 0 Å². The van der Waals surface area contributed by atoms with Gasteiger partial charge in [-0.2, -0.15) is 0 Å². The van der Waals surface area contributed by atoms with Gasteiger partial charge in [-0.3, -0.25) is 0 Å². The summed E-state index contributed by atoms with van der Waals surface area (Å²) < 4.78 is 11.2. The van der Waals surface area contributed by atoms with Gasteiger partial charge >= 0.3 is 0 Å². The molecule has 0 amide bonds. The van der Waals surface area contributed by atoms with Gasteiger partial charge < -0.3 is 14.6 Å². The minimum atomic E-state index is -0.269. The number of aliphatic hydroxyl groups is 1. The van der Waals surface area contributed by atoms with Crippen molar-refractivity contribution in [1.82, 2.24) is 0 Å². The Kier molecular flexibility index (Phi) is 5.62. The molecular formula is C14H22O3. The van der Waals surface area contributed by atoms with Crippen LogP contribution in [-0.4, -0.2) is 30.0 Å². The SMILES string of the molecule is CC(C)(C)OCC(CO)OCc1ccccc1. The summed E-state index contributed by atoms with van der Waals surface area (Å²) in [7, 11) is 0. The third kappa shape index (κ3) is 6.41. The van der Waals surface area contributed by atoms with Gasteiger partial charge in [0.1, 0.15) is 6.10 Å².